The number of aromatic nitrogens is 3. The minimum Gasteiger partial charge on any atom is -0.351 e. The third-order valence-electron chi connectivity index (χ3n) is 6.81. The molecule has 5 nitrogen and oxygen atoms in total. The number of rotatable bonds is 4. The van der Waals surface area contributed by atoms with Crippen molar-refractivity contribution in [2.45, 2.75) is 50.6 Å². The second-order valence-corrected chi connectivity index (χ2v) is 8.58. The number of nitrogens with zero attached hydrogens (tertiary/aromatic N) is 3. The first kappa shape index (κ1) is 16.0. The Morgan fingerprint density at radius 2 is 2.00 bits per heavy atom. The Balaban J connectivity index is 1.40. The topological polar surface area (TPSA) is 59.8 Å². The van der Waals surface area contributed by atoms with Crippen LogP contribution in [0.2, 0.25) is 0 Å². The number of hydrogen-bond acceptors (Lipinski definition) is 3. The summed E-state index contributed by atoms with van der Waals surface area (Å²) in [6, 6.07) is 6.63. The molecule has 4 saturated carbocycles. The lowest BCUT2D eigenvalue weighted by molar-refractivity contribution is -0.156. The van der Waals surface area contributed by atoms with Gasteiger partial charge in [-0.25, -0.2) is 14.1 Å². The average Bonchev–Trinajstić information content (AvgIpc) is 3.15. The monoisotopic (exact) mass is 354 g/mol. The molecule has 2 unspecified atom stereocenters. The van der Waals surface area contributed by atoms with Gasteiger partial charge in [-0.15, -0.1) is 0 Å². The Morgan fingerprint density at radius 3 is 2.69 bits per heavy atom. The highest BCUT2D eigenvalue weighted by molar-refractivity contribution is 5.83. The second-order valence-electron chi connectivity index (χ2n) is 8.58. The molecule has 4 fully saturated rings. The smallest absolute Gasteiger partial charge is 0.226 e. The molecule has 0 aliphatic heterocycles. The lowest BCUT2D eigenvalue weighted by Gasteiger charge is -2.60. The number of carbonyl (C=O) groups excluding carboxylic acids is 1. The van der Waals surface area contributed by atoms with Crippen LogP contribution in [0.3, 0.4) is 0 Å². The zero-order valence-corrected chi connectivity index (χ0v) is 14.7. The Bertz CT molecular complexity index is 820. The number of carbonyl (C=O) groups is 1. The quantitative estimate of drug-likeness (QED) is 0.918. The van der Waals surface area contributed by atoms with Gasteiger partial charge in [0.1, 0.15) is 18.5 Å². The van der Waals surface area contributed by atoms with Crippen LogP contribution in [0, 0.1) is 23.1 Å². The second kappa shape index (κ2) is 5.63. The summed E-state index contributed by atoms with van der Waals surface area (Å²) >= 11 is 0. The Labute approximate surface area is 152 Å². The molecule has 0 saturated heterocycles. The highest BCUT2D eigenvalue weighted by Crippen LogP contribution is 2.64. The minimum absolute atomic E-state index is 0.0735. The highest BCUT2D eigenvalue weighted by Gasteiger charge is 2.61. The maximum absolute atomic E-state index is 13.9. The molecule has 4 aliphatic rings. The number of nitrogens with one attached hydrogen (secondary N) is 1. The average molecular weight is 354 g/mol. The molecule has 26 heavy (non-hydrogen) atoms. The molecular formula is C20H23FN4O. The molecule has 2 aromatic rings. The van der Waals surface area contributed by atoms with Crippen LogP contribution in [0.4, 0.5) is 4.39 Å². The first-order valence-electron chi connectivity index (χ1n) is 9.45. The normalized spacial score (nSPS) is 34.8. The van der Waals surface area contributed by atoms with Gasteiger partial charge in [0.15, 0.2) is 0 Å². The molecule has 1 amide bonds. The Hall–Kier alpha value is -2.24. The van der Waals surface area contributed by atoms with Crippen LogP contribution in [-0.2, 0) is 16.9 Å². The number of halogens is 1. The van der Waals surface area contributed by atoms with Crippen molar-refractivity contribution in [2.24, 2.45) is 17.3 Å². The van der Waals surface area contributed by atoms with Crippen molar-refractivity contribution in [3.05, 3.63) is 48.3 Å². The number of hydrogen-bond donors (Lipinski definition) is 1. The van der Waals surface area contributed by atoms with Crippen molar-refractivity contribution in [2.75, 3.05) is 0 Å². The minimum atomic E-state index is -0.346. The van der Waals surface area contributed by atoms with Crippen molar-refractivity contribution >= 4 is 5.91 Å². The van der Waals surface area contributed by atoms with Gasteiger partial charge in [-0.1, -0.05) is 18.2 Å². The first-order chi connectivity index (χ1) is 12.6. The van der Waals surface area contributed by atoms with Gasteiger partial charge >= 0.3 is 0 Å². The summed E-state index contributed by atoms with van der Waals surface area (Å²) in [6.07, 6.45) is 9.51. The summed E-state index contributed by atoms with van der Waals surface area (Å²) in [6.45, 7) is 0.249. The number of benzene rings is 1. The van der Waals surface area contributed by atoms with Gasteiger partial charge in [-0.3, -0.25) is 4.79 Å². The van der Waals surface area contributed by atoms with E-state index in [0.29, 0.717) is 17.4 Å². The van der Waals surface area contributed by atoms with Crippen LogP contribution in [0.5, 0.6) is 0 Å². The van der Waals surface area contributed by atoms with Crippen LogP contribution in [0.25, 0.3) is 0 Å². The molecule has 4 bridgehead atoms. The van der Waals surface area contributed by atoms with Crippen LogP contribution in [0.15, 0.2) is 36.9 Å². The standard InChI is InChI=1S/C20H23FN4O/c21-17-4-2-1-3-16(17)10-23-18(26)19-6-14-5-15(7-19)9-20(8-14,11-19)25-13-22-12-24-25/h1-4,12-15H,5-11H2,(H,23,26). The van der Waals surface area contributed by atoms with Gasteiger partial charge in [-0.05, 0) is 56.4 Å². The summed E-state index contributed by atoms with van der Waals surface area (Å²) in [4.78, 5) is 17.4. The molecular weight excluding hydrogens is 331 g/mol. The summed E-state index contributed by atoms with van der Waals surface area (Å²) < 4.78 is 15.9. The predicted octanol–water partition coefficient (Wildman–Crippen LogP) is 3.03. The molecule has 0 radical (unpaired) electrons. The van der Waals surface area contributed by atoms with E-state index in [1.54, 1.807) is 30.9 Å². The van der Waals surface area contributed by atoms with Crippen molar-refractivity contribution < 1.29 is 9.18 Å². The summed E-state index contributed by atoms with van der Waals surface area (Å²) in [5.74, 6) is 0.955. The fraction of sp³-hybridized carbons (Fsp3) is 0.550. The zero-order valence-electron chi connectivity index (χ0n) is 14.7. The molecule has 6 rings (SSSR count). The van der Waals surface area contributed by atoms with E-state index in [1.807, 2.05) is 4.68 Å². The van der Waals surface area contributed by atoms with Gasteiger partial charge in [0, 0.05) is 12.1 Å². The molecule has 0 spiro atoms. The van der Waals surface area contributed by atoms with E-state index in [4.69, 9.17) is 0 Å². The molecule has 6 heteroatoms. The van der Waals surface area contributed by atoms with Gasteiger partial charge < -0.3 is 5.32 Å². The molecule has 1 aromatic heterocycles. The van der Waals surface area contributed by atoms with Crippen molar-refractivity contribution in [3.63, 3.8) is 0 Å². The summed E-state index contributed by atoms with van der Waals surface area (Å²) in [5, 5.41) is 7.46. The first-order valence-corrected chi connectivity index (χ1v) is 9.45. The fourth-order valence-corrected chi connectivity index (χ4v) is 6.21. The van der Waals surface area contributed by atoms with Crippen molar-refractivity contribution in [1.82, 2.24) is 20.1 Å². The number of amides is 1. The third kappa shape index (κ3) is 2.38. The molecule has 1 N–H and O–H groups in total. The van der Waals surface area contributed by atoms with Crippen LogP contribution >= 0.6 is 0 Å². The maximum Gasteiger partial charge on any atom is 0.226 e. The SMILES string of the molecule is O=C(NCc1ccccc1F)C12CC3CC(C1)CC(n1cncn1)(C3)C2. The van der Waals surface area contributed by atoms with Crippen LogP contribution < -0.4 is 5.32 Å². The van der Waals surface area contributed by atoms with E-state index in [2.05, 4.69) is 15.4 Å². The van der Waals surface area contributed by atoms with Crippen molar-refractivity contribution in [3.8, 4) is 0 Å². The summed E-state index contributed by atoms with van der Waals surface area (Å²) in [7, 11) is 0. The lowest BCUT2D eigenvalue weighted by atomic mass is 9.46. The Morgan fingerprint density at radius 1 is 1.23 bits per heavy atom. The molecule has 4 aliphatic carbocycles. The molecule has 2 atom stereocenters. The van der Waals surface area contributed by atoms with E-state index in [1.165, 1.54) is 12.5 Å². The molecule has 1 heterocycles. The van der Waals surface area contributed by atoms with Gasteiger partial charge in [0.05, 0.1) is 11.0 Å². The fourth-order valence-electron chi connectivity index (χ4n) is 6.21. The van der Waals surface area contributed by atoms with E-state index in [0.717, 1.165) is 32.1 Å². The van der Waals surface area contributed by atoms with E-state index in [9.17, 15) is 9.18 Å². The van der Waals surface area contributed by atoms with E-state index in [-0.39, 0.29) is 29.2 Å². The third-order valence-corrected chi connectivity index (χ3v) is 6.81. The highest BCUT2D eigenvalue weighted by atomic mass is 19.1. The maximum atomic E-state index is 13.9. The van der Waals surface area contributed by atoms with Gasteiger partial charge in [0.2, 0.25) is 5.91 Å². The van der Waals surface area contributed by atoms with Gasteiger partial charge in [-0.2, -0.15) is 5.10 Å². The zero-order chi connectivity index (χ0) is 17.8. The van der Waals surface area contributed by atoms with Crippen LogP contribution in [0.1, 0.15) is 44.1 Å². The van der Waals surface area contributed by atoms with Crippen molar-refractivity contribution in [1.29, 1.82) is 0 Å². The summed E-state index contributed by atoms with van der Waals surface area (Å²) in [5.41, 5.74) is 0.119. The predicted molar refractivity (Wildman–Crippen MR) is 93.4 cm³/mol. The van der Waals surface area contributed by atoms with E-state index >= 15 is 0 Å². The lowest BCUT2D eigenvalue weighted by Crippen LogP contribution is -2.61. The molecule has 136 valence electrons. The van der Waals surface area contributed by atoms with E-state index < -0.39 is 0 Å². The Kier molecular flexibility index (Phi) is 3.46. The molecule has 1 aromatic carbocycles. The van der Waals surface area contributed by atoms with Gasteiger partial charge in [0.25, 0.3) is 0 Å². The largest absolute Gasteiger partial charge is 0.351 e. The van der Waals surface area contributed by atoms with Crippen LogP contribution in [-0.4, -0.2) is 20.7 Å².